The summed E-state index contributed by atoms with van der Waals surface area (Å²) in [6.07, 6.45) is 0. The number of benzene rings is 2. The Bertz CT molecular complexity index is 791. The van der Waals surface area contributed by atoms with E-state index in [4.69, 9.17) is 0 Å². The molecular formula is C18H20BrNO3S. The number of sulfone groups is 1. The van der Waals surface area contributed by atoms with Crippen molar-refractivity contribution in [3.63, 3.8) is 0 Å². The van der Waals surface area contributed by atoms with Crippen LogP contribution in [0.1, 0.15) is 24.0 Å². The van der Waals surface area contributed by atoms with Crippen molar-refractivity contribution in [3.05, 3.63) is 70.2 Å². The molecule has 128 valence electrons. The molecule has 2 aromatic rings. The Morgan fingerprint density at radius 1 is 1.12 bits per heavy atom. The summed E-state index contributed by atoms with van der Waals surface area (Å²) in [5, 5.41) is 2.71. The monoisotopic (exact) mass is 409 g/mol. The van der Waals surface area contributed by atoms with Crippen molar-refractivity contribution in [1.82, 2.24) is 5.32 Å². The van der Waals surface area contributed by atoms with E-state index < -0.39 is 21.5 Å². The van der Waals surface area contributed by atoms with Crippen molar-refractivity contribution in [3.8, 4) is 0 Å². The quantitative estimate of drug-likeness (QED) is 0.762. The van der Waals surface area contributed by atoms with Crippen molar-refractivity contribution in [1.29, 1.82) is 0 Å². The number of rotatable bonds is 7. The molecule has 0 spiro atoms. The van der Waals surface area contributed by atoms with E-state index in [1.807, 2.05) is 43.3 Å². The average molecular weight is 410 g/mol. The highest BCUT2D eigenvalue weighted by Crippen LogP contribution is 2.15. The van der Waals surface area contributed by atoms with E-state index >= 15 is 0 Å². The van der Waals surface area contributed by atoms with Gasteiger partial charge in [0, 0.05) is 11.0 Å². The lowest BCUT2D eigenvalue weighted by Gasteiger charge is -2.13. The molecule has 24 heavy (non-hydrogen) atoms. The number of hydrogen-bond donors (Lipinski definition) is 1. The largest absolute Gasteiger partial charge is 0.355 e. The lowest BCUT2D eigenvalue weighted by atomic mass is 10.0. The van der Waals surface area contributed by atoms with Crippen LogP contribution in [0.15, 0.2) is 59.1 Å². The fraction of sp³-hybridized carbons (Fsp3) is 0.278. The molecule has 0 aliphatic heterocycles. The number of hydrogen-bond acceptors (Lipinski definition) is 3. The highest BCUT2D eigenvalue weighted by atomic mass is 79.9. The van der Waals surface area contributed by atoms with E-state index in [0.717, 1.165) is 10.0 Å². The van der Waals surface area contributed by atoms with Gasteiger partial charge in [0.05, 0.1) is 5.75 Å². The van der Waals surface area contributed by atoms with Gasteiger partial charge in [-0.05, 0) is 29.2 Å². The summed E-state index contributed by atoms with van der Waals surface area (Å²) in [7, 11) is -3.50. The van der Waals surface area contributed by atoms with Gasteiger partial charge in [0.2, 0.25) is 5.91 Å². The molecule has 1 N–H and O–H groups in total. The first-order valence-electron chi connectivity index (χ1n) is 7.62. The minimum atomic E-state index is -3.50. The van der Waals surface area contributed by atoms with E-state index in [9.17, 15) is 13.2 Å². The van der Waals surface area contributed by atoms with E-state index in [2.05, 4.69) is 21.2 Å². The molecule has 0 aromatic heterocycles. The van der Waals surface area contributed by atoms with E-state index in [1.165, 1.54) is 0 Å². The molecule has 1 amide bonds. The summed E-state index contributed by atoms with van der Waals surface area (Å²) in [4.78, 5) is 12.0. The van der Waals surface area contributed by atoms with Gasteiger partial charge in [-0.25, -0.2) is 8.42 Å². The Morgan fingerprint density at radius 3 is 2.50 bits per heavy atom. The molecule has 2 aromatic carbocycles. The van der Waals surface area contributed by atoms with Crippen LogP contribution in [0.2, 0.25) is 0 Å². The Morgan fingerprint density at radius 2 is 1.83 bits per heavy atom. The summed E-state index contributed by atoms with van der Waals surface area (Å²) in [6, 6.07) is 16.9. The third-order valence-electron chi connectivity index (χ3n) is 3.60. The van der Waals surface area contributed by atoms with Crippen LogP contribution in [0.3, 0.4) is 0 Å². The Hall–Kier alpha value is -1.66. The molecule has 0 heterocycles. The lowest BCUT2D eigenvalue weighted by molar-refractivity contribution is -0.118. The zero-order valence-corrected chi connectivity index (χ0v) is 15.8. The Labute approximate surface area is 151 Å². The smallest absolute Gasteiger partial charge is 0.235 e. The number of amides is 1. The Balaban J connectivity index is 1.87. The van der Waals surface area contributed by atoms with Crippen molar-refractivity contribution in [2.75, 3.05) is 12.3 Å². The molecule has 4 nitrogen and oxygen atoms in total. The predicted octanol–water partition coefficient (Wildman–Crippen LogP) is 3.28. The van der Waals surface area contributed by atoms with Crippen LogP contribution in [0, 0.1) is 0 Å². The molecular weight excluding hydrogens is 390 g/mol. The summed E-state index contributed by atoms with van der Waals surface area (Å²) in [5.74, 6) is -0.981. The molecule has 6 heteroatoms. The third kappa shape index (κ3) is 6.09. The number of halogens is 1. The molecule has 1 unspecified atom stereocenters. The van der Waals surface area contributed by atoms with Crippen molar-refractivity contribution < 1.29 is 13.2 Å². The normalized spacial score (nSPS) is 12.6. The first-order chi connectivity index (χ1) is 11.4. The number of nitrogens with one attached hydrogen (secondary N) is 1. The molecule has 2 rings (SSSR count). The zero-order valence-electron chi connectivity index (χ0n) is 13.4. The predicted molar refractivity (Wildman–Crippen MR) is 99.5 cm³/mol. The van der Waals surface area contributed by atoms with Crippen molar-refractivity contribution >= 4 is 31.7 Å². The summed E-state index contributed by atoms with van der Waals surface area (Å²) >= 11 is 3.31. The number of carbonyl (C=O) groups excluding carboxylic acids is 1. The maximum Gasteiger partial charge on any atom is 0.235 e. The standard InChI is InChI=1S/C18H20BrNO3S/c1-14(16-7-3-2-4-8-16)11-20-18(21)13-24(22,23)12-15-6-5-9-17(19)10-15/h2-10,14H,11-13H2,1H3,(H,20,21). The molecule has 0 aliphatic carbocycles. The van der Waals surface area contributed by atoms with Gasteiger partial charge < -0.3 is 5.32 Å². The van der Waals surface area contributed by atoms with Crippen LogP contribution in [0.4, 0.5) is 0 Å². The molecule has 0 saturated carbocycles. The topological polar surface area (TPSA) is 63.2 Å². The second-order valence-electron chi connectivity index (χ2n) is 5.78. The van der Waals surface area contributed by atoms with Crippen molar-refractivity contribution in [2.45, 2.75) is 18.6 Å². The van der Waals surface area contributed by atoms with Crippen LogP contribution in [-0.2, 0) is 20.4 Å². The second-order valence-corrected chi connectivity index (χ2v) is 8.76. The van der Waals surface area contributed by atoms with E-state index in [1.54, 1.807) is 18.2 Å². The lowest BCUT2D eigenvalue weighted by Crippen LogP contribution is -2.33. The fourth-order valence-electron chi connectivity index (χ4n) is 2.35. The maximum atomic E-state index is 12.2. The van der Waals surface area contributed by atoms with Gasteiger partial charge in [-0.3, -0.25) is 4.79 Å². The van der Waals surface area contributed by atoms with Gasteiger partial charge in [-0.1, -0.05) is 65.3 Å². The average Bonchev–Trinajstić information content (AvgIpc) is 2.52. The molecule has 0 radical (unpaired) electrons. The molecule has 0 fully saturated rings. The van der Waals surface area contributed by atoms with Crippen LogP contribution in [0.5, 0.6) is 0 Å². The molecule has 1 atom stereocenters. The fourth-order valence-corrected chi connectivity index (χ4v) is 4.09. The maximum absolute atomic E-state index is 12.2. The SMILES string of the molecule is CC(CNC(=O)CS(=O)(=O)Cc1cccc(Br)c1)c1ccccc1. The highest BCUT2D eigenvalue weighted by Gasteiger charge is 2.18. The summed E-state index contributed by atoms with van der Waals surface area (Å²) < 4.78 is 25.1. The van der Waals surface area contributed by atoms with Crippen LogP contribution in [-0.4, -0.2) is 26.6 Å². The minimum Gasteiger partial charge on any atom is -0.355 e. The zero-order chi connectivity index (χ0) is 17.6. The second kappa shape index (κ2) is 8.44. The molecule has 0 bridgehead atoms. The first kappa shape index (κ1) is 18.7. The van der Waals surface area contributed by atoms with E-state index in [0.29, 0.717) is 12.1 Å². The molecule has 0 saturated heterocycles. The molecule has 0 aliphatic rings. The highest BCUT2D eigenvalue weighted by molar-refractivity contribution is 9.10. The van der Waals surface area contributed by atoms with Crippen LogP contribution in [0.25, 0.3) is 0 Å². The summed E-state index contributed by atoms with van der Waals surface area (Å²) in [5.41, 5.74) is 1.77. The van der Waals surface area contributed by atoms with Gasteiger partial charge in [0.25, 0.3) is 0 Å². The van der Waals surface area contributed by atoms with Gasteiger partial charge in [0.15, 0.2) is 9.84 Å². The third-order valence-corrected chi connectivity index (χ3v) is 5.57. The van der Waals surface area contributed by atoms with E-state index in [-0.39, 0.29) is 11.7 Å². The first-order valence-corrected chi connectivity index (χ1v) is 10.2. The van der Waals surface area contributed by atoms with Gasteiger partial charge in [0.1, 0.15) is 5.75 Å². The minimum absolute atomic E-state index is 0.128. The van der Waals surface area contributed by atoms with Gasteiger partial charge >= 0.3 is 0 Å². The number of carbonyl (C=O) groups is 1. The van der Waals surface area contributed by atoms with Crippen molar-refractivity contribution in [2.24, 2.45) is 0 Å². The van der Waals surface area contributed by atoms with Crippen LogP contribution >= 0.6 is 15.9 Å². The Kier molecular flexibility index (Phi) is 6.57. The van der Waals surface area contributed by atoms with Gasteiger partial charge in [-0.2, -0.15) is 0 Å². The summed E-state index contributed by atoms with van der Waals surface area (Å²) in [6.45, 7) is 2.40. The van der Waals surface area contributed by atoms with Crippen LogP contribution < -0.4 is 5.32 Å². The van der Waals surface area contributed by atoms with Gasteiger partial charge in [-0.15, -0.1) is 0 Å².